The number of esters is 1. The predicted molar refractivity (Wildman–Crippen MR) is 132 cm³/mol. The van der Waals surface area contributed by atoms with E-state index >= 15 is 0 Å². The molecule has 2 amide bonds. The molecule has 0 spiro atoms. The molecule has 4 rings (SSSR count). The maximum absolute atomic E-state index is 12.5. The van der Waals surface area contributed by atoms with Crippen LogP contribution in [0.15, 0.2) is 48.8 Å². The first kappa shape index (κ1) is 25.3. The van der Waals surface area contributed by atoms with Crippen LogP contribution in [0.1, 0.15) is 22.8 Å². The summed E-state index contributed by atoms with van der Waals surface area (Å²) in [6, 6.07) is 9.84. The van der Waals surface area contributed by atoms with Crippen molar-refractivity contribution in [1.29, 1.82) is 5.41 Å². The third-order valence-corrected chi connectivity index (χ3v) is 6.46. The molecule has 2 aliphatic rings. The Morgan fingerprint density at radius 2 is 1.89 bits per heavy atom. The number of anilines is 1. The Hall–Kier alpha value is -3.83. The summed E-state index contributed by atoms with van der Waals surface area (Å²) in [6.45, 7) is 5.92. The van der Waals surface area contributed by atoms with Crippen molar-refractivity contribution in [3.63, 3.8) is 0 Å². The fraction of sp³-hybridized carbons (Fsp3) is 0.400. The summed E-state index contributed by atoms with van der Waals surface area (Å²) in [5, 5.41) is 10.7. The number of nitrogens with zero attached hydrogens (tertiary/aromatic N) is 4. The van der Waals surface area contributed by atoms with Crippen molar-refractivity contribution >= 4 is 29.5 Å². The molecular weight excluding hydrogens is 464 g/mol. The number of amidine groups is 1. The normalized spacial score (nSPS) is 19.4. The minimum absolute atomic E-state index is 0.0436. The maximum atomic E-state index is 12.5. The molecule has 0 aliphatic carbocycles. The summed E-state index contributed by atoms with van der Waals surface area (Å²) in [7, 11) is 1.40. The van der Waals surface area contributed by atoms with E-state index in [9.17, 15) is 14.4 Å². The molecule has 2 atom stereocenters. The highest BCUT2D eigenvalue weighted by atomic mass is 16.6. The summed E-state index contributed by atoms with van der Waals surface area (Å²) in [6.07, 6.45) is 2.33. The van der Waals surface area contributed by atoms with Crippen LogP contribution in [0.5, 0.6) is 0 Å². The van der Waals surface area contributed by atoms with Gasteiger partial charge in [-0.2, -0.15) is 0 Å². The van der Waals surface area contributed by atoms with Crippen LogP contribution in [-0.2, 0) is 14.3 Å². The Kier molecular flexibility index (Phi) is 7.91. The van der Waals surface area contributed by atoms with Gasteiger partial charge < -0.3 is 14.8 Å². The molecule has 2 unspecified atom stereocenters. The van der Waals surface area contributed by atoms with Crippen LogP contribution >= 0.6 is 0 Å². The average Bonchev–Trinajstić information content (AvgIpc) is 3.28. The molecule has 190 valence electrons. The second-order valence-corrected chi connectivity index (χ2v) is 8.77. The highest BCUT2D eigenvalue weighted by molar-refractivity contribution is 6.11. The number of rotatable bonds is 7. The van der Waals surface area contributed by atoms with Crippen molar-refractivity contribution < 1.29 is 23.9 Å². The first-order chi connectivity index (χ1) is 17.4. The van der Waals surface area contributed by atoms with Crippen LogP contribution in [-0.4, -0.2) is 97.1 Å². The van der Waals surface area contributed by atoms with E-state index in [-0.39, 0.29) is 24.0 Å². The zero-order valence-corrected chi connectivity index (χ0v) is 20.3. The predicted octanol–water partition coefficient (Wildman–Crippen LogP) is 1.34. The number of hydrogen-bond acceptors (Lipinski definition) is 9. The van der Waals surface area contributed by atoms with E-state index in [1.807, 2.05) is 6.92 Å². The summed E-state index contributed by atoms with van der Waals surface area (Å²) in [4.78, 5) is 46.3. The number of methoxy groups -OCH3 is 1. The third kappa shape index (κ3) is 5.86. The number of nitrogens with one attached hydrogen (secondary N) is 2. The topological polar surface area (TPSA) is 128 Å². The van der Waals surface area contributed by atoms with Crippen molar-refractivity contribution in [3.05, 3.63) is 59.9 Å². The van der Waals surface area contributed by atoms with Gasteiger partial charge in [-0.05, 0) is 43.3 Å². The first-order valence-electron chi connectivity index (χ1n) is 11.8. The standard InChI is InChI=1S/C25H30N6O5/c1-17(24(33)35-2)30-12-10-29(11-13-30)15-21-16-31(25(34)36-21)20-7-5-18(6-8-20)22(26)28-23(32)19-4-3-9-27-14-19/h3-9,14,17,21H,10-13,15-16H2,1-2H3,(H2,26,28,32). The van der Waals surface area contributed by atoms with Crippen molar-refractivity contribution in [1.82, 2.24) is 20.1 Å². The number of carbonyl (C=O) groups excluding carboxylic acids is 3. The molecular formula is C25H30N6O5. The van der Waals surface area contributed by atoms with Gasteiger partial charge in [-0.15, -0.1) is 0 Å². The van der Waals surface area contributed by atoms with Crippen LogP contribution in [0.25, 0.3) is 0 Å². The molecule has 2 aliphatic heterocycles. The number of carbonyl (C=O) groups is 3. The zero-order valence-electron chi connectivity index (χ0n) is 20.3. The van der Waals surface area contributed by atoms with E-state index in [0.717, 1.165) is 26.2 Å². The Bertz CT molecular complexity index is 1100. The number of benzene rings is 1. The largest absolute Gasteiger partial charge is 0.468 e. The summed E-state index contributed by atoms with van der Waals surface area (Å²) < 4.78 is 10.4. The van der Waals surface area contributed by atoms with Gasteiger partial charge in [0, 0.05) is 56.4 Å². The van der Waals surface area contributed by atoms with Crippen LogP contribution in [0.2, 0.25) is 0 Å². The van der Waals surface area contributed by atoms with Crippen molar-refractivity contribution in [2.24, 2.45) is 0 Å². The lowest BCUT2D eigenvalue weighted by molar-refractivity contribution is -0.147. The highest BCUT2D eigenvalue weighted by Gasteiger charge is 2.35. The molecule has 2 saturated heterocycles. The molecule has 2 aromatic rings. The van der Waals surface area contributed by atoms with E-state index in [2.05, 4.69) is 20.1 Å². The lowest BCUT2D eigenvalue weighted by Gasteiger charge is -2.37. The minimum atomic E-state index is -0.413. The second-order valence-electron chi connectivity index (χ2n) is 8.77. The molecule has 0 saturated carbocycles. The summed E-state index contributed by atoms with van der Waals surface area (Å²) >= 11 is 0. The van der Waals surface area contributed by atoms with Crippen molar-refractivity contribution in [2.75, 3.05) is 51.3 Å². The molecule has 36 heavy (non-hydrogen) atoms. The van der Waals surface area contributed by atoms with Crippen molar-refractivity contribution in [2.45, 2.75) is 19.1 Å². The quantitative estimate of drug-likeness (QED) is 0.335. The monoisotopic (exact) mass is 494 g/mol. The van der Waals surface area contributed by atoms with Crippen LogP contribution in [0, 0.1) is 5.41 Å². The van der Waals surface area contributed by atoms with E-state index in [4.69, 9.17) is 14.9 Å². The summed E-state index contributed by atoms with van der Waals surface area (Å²) in [5.74, 6) is -0.692. The van der Waals surface area contributed by atoms with Crippen LogP contribution in [0.3, 0.4) is 0 Å². The Balaban J connectivity index is 1.28. The fourth-order valence-corrected chi connectivity index (χ4v) is 4.33. The zero-order chi connectivity index (χ0) is 25.7. The number of hydrogen-bond donors (Lipinski definition) is 2. The lowest BCUT2D eigenvalue weighted by Crippen LogP contribution is -2.53. The summed E-state index contributed by atoms with van der Waals surface area (Å²) in [5.41, 5.74) is 1.54. The first-order valence-corrected chi connectivity index (χ1v) is 11.8. The third-order valence-electron chi connectivity index (χ3n) is 6.46. The number of pyridine rings is 1. The second kappa shape index (κ2) is 11.3. The van der Waals surface area contributed by atoms with Gasteiger partial charge in [-0.25, -0.2) is 4.79 Å². The number of amides is 2. The maximum Gasteiger partial charge on any atom is 0.414 e. The van der Waals surface area contributed by atoms with Gasteiger partial charge >= 0.3 is 12.1 Å². The number of aromatic nitrogens is 1. The van der Waals surface area contributed by atoms with Crippen molar-refractivity contribution in [3.8, 4) is 0 Å². The van der Waals surface area contributed by atoms with E-state index in [0.29, 0.717) is 29.9 Å². The highest BCUT2D eigenvalue weighted by Crippen LogP contribution is 2.23. The van der Waals surface area contributed by atoms with E-state index in [1.165, 1.54) is 13.3 Å². The number of ether oxygens (including phenoxy) is 2. The van der Waals surface area contributed by atoms with Crippen LogP contribution < -0.4 is 10.2 Å². The van der Waals surface area contributed by atoms with Gasteiger partial charge in [-0.1, -0.05) is 0 Å². The molecule has 3 heterocycles. The van der Waals surface area contributed by atoms with Gasteiger partial charge in [0.15, 0.2) is 0 Å². The van der Waals surface area contributed by atoms with Gasteiger partial charge in [0.25, 0.3) is 5.91 Å². The van der Waals surface area contributed by atoms with E-state index < -0.39 is 12.0 Å². The molecule has 0 bridgehead atoms. The number of piperazine rings is 1. The molecule has 11 heteroatoms. The van der Waals surface area contributed by atoms with E-state index in [1.54, 1.807) is 47.5 Å². The Labute approximate surface area is 209 Å². The average molecular weight is 495 g/mol. The lowest BCUT2D eigenvalue weighted by atomic mass is 10.1. The molecule has 11 nitrogen and oxygen atoms in total. The Morgan fingerprint density at radius 3 is 2.53 bits per heavy atom. The van der Waals surface area contributed by atoms with Gasteiger partial charge in [0.2, 0.25) is 0 Å². The van der Waals surface area contributed by atoms with Gasteiger partial charge in [0.1, 0.15) is 18.0 Å². The fourth-order valence-electron chi connectivity index (χ4n) is 4.33. The smallest absolute Gasteiger partial charge is 0.414 e. The SMILES string of the molecule is COC(=O)C(C)N1CCN(CC2CN(c3ccc(C(=N)NC(=O)c4cccnc4)cc3)C(=O)O2)CC1. The Morgan fingerprint density at radius 1 is 1.17 bits per heavy atom. The van der Waals surface area contributed by atoms with Gasteiger partial charge in [0.05, 0.1) is 19.2 Å². The molecule has 0 radical (unpaired) electrons. The molecule has 2 N–H and O–H groups in total. The molecule has 2 fully saturated rings. The molecule has 1 aromatic carbocycles. The number of cyclic esters (lactones) is 1. The van der Waals surface area contributed by atoms with Crippen LogP contribution in [0.4, 0.5) is 10.5 Å². The van der Waals surface area contributed by atoms with Gasteiger partial charge in [-0.3, -0.25) is 34.7 Å². The molecule has 1 aromatic heterocycles. The minimum Gasteiger partial charge on any atom is -0.468 e.